The third-order valence-electron chi connectivity index (χ3n) is 3.18. The Morgan fingerprint density at radius 2 is 2.11 bits per heavy atom. The number of aryl methyl sites for hydroxylation is 1. The van der Waals surface area contributed by atoms with Crippen molar-refractivity contribution in [3.05, 3.63) is 22.7 Å². The van der Waals surface area contributed by atoms with E-state index in [0.717, 1.165) is 0 Å². The molecule has 7 heteroatoms. The molecule has 0 spiro atoms. The molecular formula is C11H15N5O2. The number of aromatic nitrogens is 3. The van der Waals surface area contributed by atoms with Gasteiger partial charge in [-0.3, -0.25) is 4.79 Å². The SMILES string of the molecule is Cn1c(=O)c(N2CCOCC2)c2ncc(N)cn21. The molecule has 0 bridgehead atoms. The Bertz CT molecular complexity index is 639. The summed E-state index contributed by atoms with van der Waals surface area (Å²) in [6.07, 6.45) is 3.27. The summed E-state index contributed by atoms with van der Waals surface area (Å²) in [4.78, 5) is 18.6. The van der Waals surface area contributed by atoms with E-state index in [0.29, 0.717) is 43.3 Å². The Balaban J connectivity index is 2.22. The number of ether oxygens (including phenoxy) is 1. The van der Waals surface area contributed by atoms with Crippen LogP contribution in [0.3, 0.4) is 0 Å². The van der Waals surface area contributed by atoms with Crippen LogP contribution in [0.1, 0.15) is 0 Å². The summed E-state index contributed by atoms with van der Waals surface area (Å²) in [5, 5.41) is 0. The maximum atomic E-state index is 12.3. The number of hydrogen-bond donors (Lipinski definition) is 1. The second kappa shape index (κ2) is 4.02. The molecule has 0 unspecified atom stereocenters. The fourth-order valence-electron chi connectivity index (χ4n) is 2.24. The van der Waals surface area contributed by atoms with Crippen LogP contribution < -0.4 is 16.2 Å². The second-order valence-electron chi connectivity index (χ2n) is 4.33. The fourth-order valence-corrected chi connectivity index (χ4v) is 2.24. The van der Waals surface area contributed by atoms with E-state index < -0.39 is 0 Å². The number of morpholine rings is 1. The molecule has 0 aromatic carbocycles. The number of nitrogen functional groups attached to an aromatic ring is 1. The van der Waals surface area contributed by atoms with E-state index in [1.54, 1.807) is 24.0 Å². The van der Waals surface area contributed by atoms with Crippen molar-refractivity contribution >= 4 is 17.0 Å². The van der Waals surface area contributed by atoms with Gasteiger partial charge in [-0.2, -0.15) is 0 Å². The first-order valence-electron chi connectivity index (χ1n) is 5.84. The molecular weight excluding hydrogens is 234 g/mol. The number of hydrogen-bond acceptors (Lipinski definition) is 5. The Labute approximate surface area is 103 Å². The molecule has 1 saturated heterocycles. The van der Waals surface area contributed by atoms with E-state index in [9.17, 15) is 4.79 Å². The van der Waals surface area contributed by atoms with Crippen molar-refractivity contribution in [2.24, 2.45) is 7.05 Å². The van der Waals surface area contributed by atoms with E-state index in [2.05, 4.69) is 4.98 Å². The predicted molar refractivity (Wildman–Crippen MR) is 67.9 cm³/mol. The monoisotopic (exact) mass is 249 g/mol. The molecule has 3 rings (SSSR count). The van der Waals surface area contributed by atoms with Crippen LogP contribution in [0, 0.1) is 0 Å². The van der Waals surface area contributed by atoms with Crippen LogP contribution in [0.2, 0.25) is 0 Å². The van der Waals surface area contributed by atoms with Crippen LogP contribution in [0.5, 0.6) is 0 Å². The average molecular weight is 249 g/mol. The van der Waals surface area contributed by atoms with Gasteiger partial charge in [-0.1, -0.05) is 0 Å². The van der Waals surface area contributed by atoms with Gasteiger partial charge in [0.15, 0.2) is 5.65 Å². The standard InChI is InChI=1S/C11H15N5O2/c1-14-11(17)9(15-2-4-18-5-3-15)10-13-6-8(12)7-16(10)14/h6-7H,2-5,12H2,1H3. The van der Waals surface area contributed by atoms with Gasteiger partial charge < -0.3 is 15.4 Å². The summed E-state index contributed by atoms with van der Waals surface area (Å²) in [5.74, 6) is 0. The first-order valence-corrected chi connectivity index (χ1v) is 5.84. The molecule has 96 valence electrons. The third-order valence-corrected chi connectivity index (χ3v) is 3.18. The zero-order chi connectivity index (χ0) is 12.7. The van der Waals surface area contributed by atoms with Gasteiger partial charge in [-0.05, 0) is 0 Å². The van der Waals surface area contributed by atoms with Crippen molar-refractivity contribution in [3.8, 4) is 0 Å². The number of nitrogens with two attached hydrogens (primary N) is 1. The molecule has 2 aromatic heterocycles. The van der Waals surface area contributed by atoms with Gasteiger partial charge in [0, 0.05) is 20.1 Å². The predicted octanol–water partition coefficient (Wildman–Crippen LogP) is -0.548. The van der Waals surface area contributed by atoms with Crippen LogP contribution in [0.15, 0.2) is 17.2 Å². The fraction of sp³-hybridized carbons (Fsp3) is 0.455. The number of fused-ring (bicyclic) bond motifs is 1. The highest BCUT2D eigenvalue weighted by Gasteiger charge is 2.21. The highest BCUT2D eigenvalue weighted by atomic mass is 16.5. The highest BCUT2D eigenvalue weighted by molar-refractivity contribution is 5.69. The van der Waals surface area contributed by atoms with Gasteiger partial charge in [0.05, 0.1) is 31.3 Å². The van der Waals surface area contributed by atoms with Crippen molar-refractivity contribution in [1.82, 2.24) is 14.2 Å². The summed E-state index contributed by atoms with van der Waals surface area (Å²) in [6.45, 7) is 2.69. The van der Waals surface area contributed by atoms with Crippen molar-refractivity contribution in [2.45, 2.75) is 0 Å². The molecule has 1 aliphatic rings. The van der Waals surface area contributed by atoms with Gasteiger partial charge in [0.25, 0.3) is 5.56 Å². The molecule has 2 N–H and O–H groups in total. The summed E-state index contributed by atoms with van der Waals surface area (Å²) >= 11 is 0. The zero-order valence-corrected chi connectivity index (χ0v) is 10.2. The lowest BCUT2D eigenvalue weighted by molar-refractivity contribution is 0.122. The number of anilines is 2. The van der Waals surface area contributed by atoms with Crippen molar-refractivity contribution in [2.75, 3.05) is 36.9 Å². The molecule has 0 aliphatic carbocycles. The van der Waals surface area contributed by atoms with Crippen LogP contribution in [-0.2, 0) is 11.8 Å². The summed E-state index contributed by atoms with van der Waals surface area (Å²) in [7, 11) is 1.71. The van der Waals surface area contributed by atoms with Crippen molar-refractivity contribution in [1.29, 1.82) is 0 Å². The molecule has 0 atom stereocenters. The quantitative estimate of drug-likeness (QED) is 0.734. The number of rotatable bonds is 1. The van der Waals surface area contributed by atoms with Gasteiger partial charge in [-0.25, -0.2) is 14.2 Å². The maximum Gasteiger partial charge on any atom is 0.292 e. The summed E-state index contributed by atoms with van der Waals surface area (Å²) < 4.78 is 8.50. The van der Waals surface area contributed by atoms with Gasteiger partial charge in [0.2, 0.25) is 0 Å². The largest absolute Gasteiger partial charge is 0.396 e. The lowest BCUT2D eigenvalue weighted by Crippen LogP contribution is -2.39. The molecule has 0 amide bonds. The minimum absolute atomic E-state index is 0.0602. The molecule has 0 saturated carbocycles. The lowest BCUT2D eigenvalue weighted by atomic mass is 10.3. The van der Waals surface area contributed by atoms with Crippen molar-refractivity contribution in [3.63, 3.8) is 0 Å². The molecule has 3 heterocycles. The molecule has 1 fully saturated rings. The molecule has 18 heavy (non-hydrogen) atoms. The lowest BCUT2D eigenvalue weighted by Gasteiger charge is -2.26. The van der Waals surface area contributed by atoms with E-state index in [-0.39, 0.29) is 5.56 Å². The summed E-state index contributed by atoms with van der Waals surface area (Å²) in [6, 6.07) is 0. The third kappa shape index (κ3) is 1.55. The van der Waals surface area contributed by atoms with Gasteiger partial charge in [-0.15, -0.1) is 0 Å². The summed E-state index contributed by atoms with van der Waals surface area (Å²) in [5.41, 5.74) is 7.43. The molecule has 0 radical (unpaired) electrons. The Kier molecular flexibility index (Phi) is 2.48. The normalized spacial score (nSPS) is 16.4. The van der Waals surface area contributed by atoms with Gasteiger partial charge in [0.1, 0.15) is 5.69 Å². The Morgan fingerprint density at radius 3 is 2.83 bits per heavy atom. The van der Waals surface area contributed by atoms with Gasteiger partial charge >= 0.3 is 0 Å². The van der Waals surface area contributed by atoms with E-state index in [1.165, 1.54) is 4.68 Å². The molecule has 1 aliphatic heterocycles. The Hall–Kier alpha value is -2.02. The van der Waals surface area contributed by atoms with E-state index in [1.807, 2.05) is 4.90 Å². The van der Waals surface area contributed by atoms with Crippen LogP contribution in [0.4, 0.5) is 11.4 Å². The smallest absolute Gasteiger partial charge is 0.292 e. The topological polar surface area (TPSA) is 77.8 Å². The van der Waals surface area contributed by atoms with Crippen LogP contribution >= 0.6 is 0 Å². The second-order valence-corrected chi connectivity index (χ2v) is 4.33. The van der Waals surface area contributed by atoms with Crippen LogP contribution in [0.25, 0.3) is 5.65 Å². The average Bonchev–Trinajstić information content (AvgIpc) is 2.64. The Morgan fingerprint density at radius 1 is 1.39 bits per heavy atom. The first kappa shape index (κ1) is 11.1. The van der Waals surface area contributed by atoms with Crippen LogP contribution in [-0.4, -0.2) is 40.5 Å². The first-order chi connectivity index (χ1) is 8.68. The van der Waals surface area contributed by atoms with E-state index in [4.69, 9.17) is 10.5 Å². The minimum atomic E-state index is -0.0602. The molecule has 7 nitrogen and oxygen atoms in total. The highest BCUT2D eigenvalue weighted by Crippen LogP contribution is 2.18. The molecule has 2 aromatic rings. The minimum Gasteiger partial charge on any atom is -0.396 e. The number of nitrogens with zero attached hydrogens (tertiary/aromatic N) is 4. The zero-order valence-electron chi connectivity index (χ0n) is 10.2. The maximum absolute atomic E-state index is 12.3. The van der Waals surface area contributed by atoms with Crippen molar-refractivity contribution < 1.29 is 4.74 Å². The van der Waals surface area contributed by atoms with E-state index >= 15 is 0 Å².